The van der Waals surface area contributed by atoms with Crippen LogP contribution in [-0.4, -0.2) is 22.9 Å². The maximum Gasteiger partial charge on any atom is 0.336 e. The molecule has 0 saturated carbocycles. The fourth-order valence-corrected chi connectivity index (χ4v) is 3.67. The smallest absolute Gasteiger partial charge is 0.336 e. The number of carbonyl (C=O) groups is 2. The average Bonchev–Trinajstić information content (AvgIpc) is 3.13. The molecule has 0 aliphatic rings. The Morgan fingerprint density at radius 3 is 2.71 bits per heavy atom. The van der Waals surface area contributed by atoms with Gasteiger partial charge in [0, 0.05) is 47.5 Å². The molecule has 7 nitrogen and oxygen atoms in total. The van der Waals surface area contributed by atoms with E-state index in [1.54, 1.807) is 6.07 Å². The number of esters is 1. The highest BCUT2D eigenvalue weighted by molar-refractivity contribution is 5.87. The van der Waals surface area contributed by atoms with Crippen LogP contribution >= 0.6 is 0 Å². The monoisotopic (exact) mass is 418 g/mol. The van der Waals surface area contributed by atoms with Crippen LogP contribution < -0.4 is 10.9 Å². The summed E-state index contributed by atoms with van der Waals surface area (Å²) in [6.45, 7) is 3.15. The van der Waals surface area contributed by atoms with E-state index in [4.69, 9.17) is 9.15 Å². The van der Waals surface area contributed by atoms with E-state index in [2.05, 4.69) is 10.3 Å². The minimum Gasteiger partial charge on any atom is -0.459 e. The van der Waals surface area contributed by atoms with E-state index < -0.39 is 17.6 Å². The highest BCUT2D eigenvalue weighted by Crippen LogP contribution is 2.21. The molecule has 2 N–H and O–H groups in total. The van der Waals surface area contributed by atoms with Crippen molar-refractivity contribution in [1.29, 1.82) is 0 Å². The van der Waals surface area contributed by atoms with Crippen LogP contribution in [0.2, 0.25) is 0 Å². The van der Waals surface area contributed by atoms with E-state index in [9.17, 15) is 14.4 Å². The fourth-order valence-electron chi connectivity index (χ4n) is 3.67. The Morgan fingerprint density at radius 1 is 1.10 bits per heavy atom. The topological polar surface area (TPSA) is 101 Å². The molecule has 1 amide bonds. The number of nitrogens with one attached hydrogen (secondary N) is 2. The van der Waals surface area contributed by atoms with E-state index in [0.717, 1.165) is 22.0 Å². The van der Waals surface area contributed by atoms with E-state index in [-0.39, 0.29) is 18.9 Å². The molecule has 2 heterocycles. The van der Waals surface area contributed by atoms with Crippen molar-refractivity contribution in [1.82, 2.24) is 10.3 Å². The first-order chi connectivity index (χ1) is 14.9. The van der Waals surface area contributed by atoms with Crippen molar-refractivity contribution in [2.24, 2.45) is 0 Å². The third-order valence-corrected chi connectivity index (χ3v) is 5.12. The number of hydrogen-bond acceptors (Lipinski definition) is 5. The standard InChI is InChI=1S/C24H22N2O5/c1-14-7-8-19-17(11-23(28)31-22(19)9-14)13-30-24(29)21(26-15(2)27)10-16-12-25-20-6-4-3-5-18(16)20/h3-9,11-12,21,25H,10,13H2,1-2H3,(H,26,27). The second kappa shape index (κ2) is 8.47. The third-order valence-electron chi connectivity index (χ3n) is 5.12. The molecule has 0 aliphatic carbocycles. The van der Waals surface area contributed by atoms with Crippen molar-refractivity contribution < 1.29 is 18.7 Å². The highest BCUT2D eigenvalue weighted by Gasteiger charge is 2.23. The quantitative estimate of drug-likeness (QED) is 0.369. The molecule has 4 rings (SSSR count). The lowest BCUT2D eigenvalue weighted by molar-refractivity contribution is -0.148. The van der Waals surface area contributed by atoms with Crippen LogP contribution in [0, 0.1) is 6.92 Å². The Bertz CT molecular complexity index is 1330. The number of fused-ring (bicyclic) bond motifs is 2. The number of hydrogen-bond donors (Lipinski definition) is 2. The Hall–Kier alpha value is -3.87. The van der Waals surface area contributed by atoms with Gasteiger partial charge in [-0.2, -0.15) is 0 Å². The van der Waals surface area contributed by atoms with Crippen molar-refractivity contribution in [2.45, 2.75) is 32.9 Å². The summed E-state index contributed by atoms with van der Waals surface area (Å²) in [6, 6.07) is 13.7. The van der Waals surface area contributed by atoms with Crippen molar-refractivity contribution in [3.05, 3.63) is 81.8 Å². The number of para-hydroxylation sites is 1. The molecule has 2 aromatic carbocycles. The van der Waals surface area contributed by atoms with Gasteiger partial charge >= 0.3 is 11.6 Å². The van der Waals surface area contributed by atoms with Crippen LogP contribution in [0.25, 0.3) is 21.9 Å². The first kappa shape index (κ1) is 20.4. The van der Waals surface area contributed by atoms with Gasteiger partial charge in [-0.05, 0) is 30.2 Å². The summed E-state index contributed by atoms with van der Waals surface area (Å²) in [4.78, 5) is 39.6. The van der Waals surface area contributed by atoms with E-state index in [1.165, 1.54) is 13.0 Å². The second-order valence-electron chi connectivity index (χ2n) is 7.51. The molecule has 2 aromatic heterocycles. The van der Waals surface area contributed by atoms with Crippen LogP contribution in [0.3, 0.4) is 0 Å². The summed E-state index contributed by atoms with van der Waals surface area (Å²) in [6.07, 6.45) is 2.10. The number of aromatic amines is 1. The molecule has 0 fully saturated rings. The molecule has 0 radical (unpaired) electrons. The van der Waals surface area contributed by atoms with Crippen molar-refractivity contribution in [3.8, 4) is 0 Å². The number of amides is 1. The van der Waals surface area contributed by atoms with Gasteiger partial charge in [-0.3, -0.25) is 4.79 Å². The van der Waals surface area contributed by atoms with Gasteiger partial charge in [0.05, 0.1) is 0 Å². The van der Waals surface area contributed by atoms with Crippen LogP contribution in [-0.2, 0) is 27.4 Å². The van der Waals surface area contributed by atoms with Gasteiger partial charge in [0.15, 0.2) is 0 Å². The molecule has 31 heavy (non-hydrogen) atoms. The van der Waals surface area contributed by atoms with Crippen LogP contribution in [0.4, 0.5) is 0 Å². The van der Waals surface area contributed by atoms with Crippen LogP contribution in [0.5, 0.6) is 0 Å². The summed E-state index contributed by atoms with van der Waals surface area (Å²) >= 11 is 0. The first-order valence-electron chi connectivity index (χ1n) is 9.93. The van der Waals surface area contributed by atoms with E-state index >= 15 is 0 Å². The molecular formula is C24H22N2O5. The van der Waals surface area contributed by atoms with Crippen LogP contribution in [0.1, 0.15) is 23.6 Å². The minimum absolute atomic E-state index is 0.103. The zero-order chi connectivity index (χ0) is 22.0. The molecule has 0 bridgehead atoms. The van der Waals surface area contributed by atoms with E-state index in [0.29, 0.717) is 16.5 Å². The third kappa shape index (κ3) is 4.50. The predicted molar refractivity (Wildman–Crippen MR) is 117 cm³/mol. The number of carbonyl (C=O) groups excluding carboxylic acids is 2. The zero-order valence-corrected chi connectivity index (χ0v) is 17.2. The Balaban J connectivity index is 1.55. The van der Waals surface area contributed by atoms with Gasteiger partial charge in [0.25, 0.3) is 0 Å². The fraction of sp³-hybridized carbons (Fsp3) is 0.208. The maximum absolute atomic E-state index is 12.8. The number of H-pyrrole nitrogens is 1. The zero-order valence-electron chi connectivity index (χ0n) is 17.2. The normalized spacial score (nSPS) is 12.1. The lowest BCUT2D eigenvalue weighted by atomic mass is 10.0. The summed E-state index contributed by atoms with van der Waals surface area (Å²) in [5.74, 6) is -0.906. The Morgan fingerprint density at radius 2 is 1.90 bits per heavy atom. The molecule has 158 valence electrons. The molecular weight excluding hydrogens is 396 g/mol. The van der Waals surface area contributed by atoms with Crippen LogP contribution in [0.15, 0.2) is 63.9 Å². The molecule has 1 atom stereocenters. The summed E-state index contributed by atoms with van der Waals surface area (Å²) in [5, 5.41) is 4.35. The minimum atomic E-state index is -0.856. The largest absolute Gasteiger partial charge is 0.459 e. The van der Waals surface area contributed by atoms with Crippen molar-refractivity contribution in [3.63, 3.8) is 0 Å². The van der Waals surface area contributed by atoms with Gasteiger partial charge in [0.1, 0.15) is 18.2 Å². The first-order valence-corrected chi connectivity index (χ1v) is 9.93. The highest BCUT2D eigenvalue weighted by atomic mass is 16.5. The number of aromatic nitrogens is 1. The SMILES string of the molecule is CC(=O)NC(Cc1c[nH]c2ccccc12)C(=O)OCc1cc(=O)oc2cc(C)ccc12. The van der Waals surface area contributed by atoms with Gasteiger partial charge in [-0.25, -0.2) is 9.59 Å². The van der Waals surface area contributed by atoms with Crippen molar-refractivity contribution in [2.75, 3.05) is 0 Å². The molecule has 0 aliphatic heterocycles. The molecule has 1 unspecified atom stereocenters. The number of ether oxygens (including phenoxy) is 1. The van der Waals surface area contributed by atoms with Gasteiger partial charge in [0.2, 0.25) is 5.91 Å². The Labute approximate surface area is 178 Å². The Kier molecular flexibility index (Phi) is 5.58. The lowest BCUT2D eigenvalue weighted by Crippen LogP contribution is -2.42. The van der Waals surface area contributed by atoms with Gasteiger partial charge < -0.3 is 19.5 Å². The maximum atomic E-state index is 12.8. The second-order valence-corrected chi connectivity index (χ2v) is 7.51. The summed E-state index contributed by atoms with van der Waals surface area (Å²) < 4.78 is 10.7. The van der Waals surface area contributed by atoms with Crippen molar-refractivity contribution >= 4 is 33.7 Å². The number of rotatable bonds is 6. The molecule has 4 aromatic rings. The lowest BCUT2D eigenvalue weighted by Gasteiger charge is -2.17. The number of benzene rings is 2. The van der Waals surface area contributed by atoms with Gasteiger partial charge in [-0.1, -0.05) is 30.3 Å². The predicted octanol–water partition coefficient (Wildman–Crippen LogP) is 3.37. The summed E-state index contributed by atoms with van der Waals surface area (Å²) in [7, 11) is 0. The average molecular weight is 418 g/mol. The van der Waals surface area contributed by atoms with E-state index in [1.807, 2.05) is 49.5 Å². The van der Waals surface area contributed by atoms with Gasteiger partial charge in [-0.15, -0.1) is 0 Å². The number of aryl methyl sites for hydroxylation is 1. The molecule has 0 saturated heterocycles. The summed E-state index contributed by atoms with van der Waals surface area (Å²) in [5.41, 5.74) is 3.28. The molecule has 7 heteroatoms. The molecule has 0 spiro atoms.